The summed E-state index contributed by atoms with van der Waals surface area (Å²) in [5.41, 5.74) is 1.03. The largest absolute Gasteiger partial charge is 0.369 e. The van der Waals surface area contributed by atoms with Crippen LogP contribution in [0.3, 0.4) is 0 Å². The number of amides is 1. The van der Waals surface area contributed by atoms with Gasteiger partial charge in [0, 0.05) is 38.4 Å². The van der Waals surface area contributed by atoms with Crippen LogP contribution in [0.2, 0.25) is 0 Å². The van der Waals surface area contributed by atoms with Crippen LogP contribution in [0.4, 0.5) is 10.1 Å². The highest BCUT2D eigenvalue weighted by atomic mass is 35.5. The Morgan fingerprint density at radius 2 is 1.86 bits per heavy atom. The highest BCUT2D eigenvalue weighted by molar-refractivity contribution is 5.85. The molecule has 4 nitrogen and oxygen atoms in total. The van der Waals surface area contributed by atoms with Crippen LogP contribution in [0, 0.1) is 5.82 Å². The van der Waals surface area contributed by atoms with Gasteiger partial charge in [0.1, 0.15) is 5.82 Å². The third-order valence-electron chi connectivity index (χ3n) is 3.37. The second kappa shape index (κ2) is 8.64. The first kappa shape index (κ1) is 17.5. The van der Waals surface area contributed by atoms with Crippen LogP contribution in [0.15, 0.2) is 36.9 Å². The third-order valence-corrected chi connectivity index (χ3v) is 3.37. The Balaban J connectivity index is 0.00000220. The molecule has 116 valence electrons. The monoisotopic (exact) mass is 313 g/mol. The van der Waals surface area contributed by atoms with Crippen LogP contribution < -0.4 is 10.2 Å². The van der Waals surface area contributed by atoms with E-state index < -0.39 is 0 Å². The van der Waals surface area contributed by atoms with Crippen molar-refractivity contribution < 1.29 is 9.18 Å². The number of nitrogens with one attached hydrogen (secondary N) is 1. The first-order valence-electron chi connectivity index (χ1n) is 6.79. The standard InChI is InChI=1S/C15H20FN3O.ClH/c1-2-7-17-15(20)12-18-8-10-19(11-9-18)14-5-3-13(16)4-6-14;/h2-6H,1,7-12H2,(H,17,20);1H. The van der Waals surface area contributed by atoms with Gasteiger partial charge in [-0.15, -0.1) is 19.0 Å². The van der Waals surface area contributed by atoms with Gasteiger partial charge >= 0.3 is 0 Å². The van der Waals surface area contributed by atoms with Gasteiger partial charge in [0.15, 0.2) is 0 Å². The number of hydrogen-bond donors (Lipinski definition) is 1. The highest BCUT2D eigenvalue weighted by Crippen LogP contribution is 2.16. The predicted octanol–water partition coefficient (Wildman–Crippen LogP) is 1.67. The number of benzene rings is 1. The normalized spacial score (nSPS) is 15.2. The number of anilines is 1. The Morgan fingerprint density at radius 1 is 1.24 bits per heavy atom. The van der Waals surface area contributed by atoms with E-state index in [1.54, 1.807) is 18.2 Å². The van der Waals surface area contributed by atoms with Gasteiger partial charge in [0.2, 0.25) is 5.91 Å². The number of carbonyl (C=O) groups excluding carboxylic acids is 1. The number of nitrogens with zero attached hydrogens (tertiary/aromatic N) is 2. The fraction of sp³-hybridized carbons (Fsp3) is 0.400. The first-order valence-corrected chi connectivity index (χ1v) is 6.79. The smallest absolute Gasteiger partial charge is 0.234 e. The van der Waals surface area contributed by atoms with E-state index in [2.05, 4.69) is 21.7 Å². The molecule has 1 aromatic carbocycles. The van der Waals surface area contributed by atoms with Crippen LogP contribution in [0.1, 0.15) is 0 Å². The Morgan fingerprint density at radius 3 is 2.43 bits per heavy atom. The second-order valence-electron chi connectivity index (χ2n) is 4.83. The maximum absolute atomic E-state index is 12.9. The van der Waals surface area contributed by atoms with Crippen LogP contribution in [-0.4, -0.2) is 50.1 Å². The summed E-state index contributed by atoms with van der Waals surface area (Å²) in [4.78, 5) is 15.9. The molecule has 1 amide bonds. The van der Waals surface area contributed by atoms with Gasteiger partial charge in [-0.1, -0.05) is 6.08 Å². The molecular formula is C15H21ClFN3O. The number of hydrogen-bond acceptors (Lipinski definition) is 3. The van der Waals surface area contributed by atoms with Crippen molar-refractivity contribution in [3.8, 4) is 0 Å². The van der Waals surface area contributed by atoms with Crippen LogP contribution in [0.5, 0.6) is 0 Å². The molecule has 6 heteroatoms. The molecule has 0 radical (unpaired) electrons. The highest BCUT2D eigenvalue weighted by Gasteiger charge is 2.18. The van der Waals surface area contributed by atoms with Gasteiger partial charge < -0.3 is 10.2 Å². The zero-order valence-electron chi connectivity index (χ0n) is 11.9. The molecule has 0 atom stereocenters. The lowest BCUT2D eigenvalue weighted by Gasteiger charge is -2.35. The lowest BCUT2D eigenvalue weighted by Crippen LogP contribution is -2.49. The Hall–Kier alpha value is -1.59. The summed E-state index contributed by atoms with van der Waals surface area (Å²) >= 11 is 0. The number of rotatable bonds is 5. The fourth-order valence-corrected chi connectivity index (χ4v) is 2.26. The van der Waals surface area contributed by atoms with E-state index in [1.165, 1.54) is 12.1 Å². The maximum atomic E-state index is 12.9. The van der Waals surface area contributed by atoms with Crippen LogP contribution in [-0.2, 0) is 4.79 Å². The number of carbonyl (C=O) groups is 1. The SMILES string of the molecule is C=CCNC(=O)CN1CCN(c2ccc(F)cc2)CC1.Cl. The molecule has 1 heterocycles. The van der Waals surface area contributed by atoms with E-state index in [0.717, 1.165) is 31.9 Å². The molecule has 1 aromatic rings. The molecule has 0 unspecified atom stereocenters. The third kappa shape index (κ3) is 5.36. The van der Waals surface area contributed by atoms with Crippen molar-refractivity contribution in [3.05, 3.63) is 42.7 Å². The second-order valence-corrected chi connectivity index (χ2v) is 4.83. The van der Waals surface area contributed by atoms with E-state index in [1.807, 2.05) is 0 Å². The molecule has 1 aliphatic rings. The van der Waals surface area contributed by atoms with Gasteiger partial charge in [-0.2, -0.15) is 0 Å². The van der Waals surface area contributed by atoms with Gasteiger partial charge in [0.25, 0.3) is 0 Å². The molecule has 21 heavy (non-hydrogen) atoms. The lowest BCUT2D eigenvalue weighted by atomic mass is 10.2. The van der Waals surface area contributed by atoms with Gasteiger partial charge in [0.05, 0.1) is 6.54 Å². The van der Waals surface area contributed by atoms with Gasteiger partial charge in [-0.3, -0.25) is 9.69 Å². The summed E-state index contributed by atoms with van der Waals surface area (Å²) in [5.74, 6) is -0.189. The van der Waals surface area contributed by atoms with E-state index in [9.17, 15) is 9.18 Å². The lowest BCUT2D eigenvalue weighted by molar-refractivity contribution is -0.122. The van der Waals surface area contributed by atoms with Crippen LogP contribution >= 0.6 is 12.4 Å². The molecule has 1 N–H and O–H groups in total. The minimum Gasteiger partial charge on any atom is -0.369 e. The van der Waals surface area contributed by atoms with Crippen molar-refractivity contribution in [1.82, 2.24) is 10.2 Å². The number of piperazine rings is 1. The van der Waals surface area contributed by atoms with Crippen molar-refractivity contribution in [2.24, 2.45) is 0 Å². The summed E-state index contributed by atoms with van der Waals surface area (Å²) in [6, 6.07) is 6.54. The average molecular weight is 314 g/mol. The minimum absolute atomic E-state index is 0. The molecule has 1 saturated heterocycles. The predicted molar refractivity (Wildman–Crippen MR) is 85.5 cm³/mol. The fourth-order valence-electron chi connectivity index (χ4n) is 2.26. The molecule has 0 spiro atoms. The van der Waals surface area contributed by atoms with Crippen molar-refractivity contribution in [1.29, 1.82) is 0 Å². The van der Waals surface area contributed by atoms with E-state index in [4.69, 9.17) is 0 Å². The van der Waals surface area contributed by atoms with E-state index in [-0.39, 0.29) is 24.1 Å². The molecule has 1 fully saturated rings. The zero-order chi connectivity index (χ0) is 14.4. The molecule has 0 saturated carbocycles. The van der Waals surface area contributed by atoms with Crippen molar-refractivity contribution in [2.75, 3.05) is 44.2 Å². The zero-order valence-corrected chi connectivity index (χ0v) is 12.7. The number of halogens is 2. The minimum atomic E-state index is -0.216. The molecule has 0 aliphatic carbocycles. The van der Waals surface area contributed by atoms with Crippen molar-refractivity contribution in [2.45, 2.75) is 0 Å². The first-order chi connectivity index (χ1) is 9.69. The Bertz CT molecular complexity index is 458. The van der Waals surface area contributed by atoms with Crippen molar-refractivity contribution in [3.63, 3.8) is 0 Å². The Kier molecular flexibility index (Phi) is 7.19. The summed E-state index contributed by atoms with van der Waals surface area (Å²) in [7, 11) is 0. The van der Waals surface area contributed by atoms with Crippen LogP contribution in [0.25, 0.3) is 0 Å². The average Bonchev–Trinajstić information content (AvgIpc) is 2.47. The van der Waals surface area contributed by atoms with Gasteiger partial charge in [-0.05, 0) is 24.3 Å². The van der Waals surface area contributed by atoms with Gasteiger partial charge in [-0.25, -0.2) is 4.39 Å². The molecule has 1 aliphatic heterocycles. The Labute approximate surface area is 131 Å². The summed E-state index contributed by atoms with van der Waals surface area (Å²) in [6.45, 7) is 7.86. The summed E-state index contributed by atoms with van der Waals surface area (Å²) in [6.07, 6.45) is 1.67. The molecule has 2 rings (SSSR count). The summed E-state index contributed by atoms with van der Waals surface area (Å²) < 4.78 is 12.9. The van der Waals surface area contributed by atoms with Crippen molar-refractivity contribution >= 4 is 24.0 Å². The topological polar surface area (TPSA) is 35.6 Å². The van der Waals surface area contributed by atoms with E-state index in [0.29, 0.717) is 13.1 Å². The molecular weight excluding hydrogens is 293 g/mol. The maximum Gasteiger partial charge on any atom is 0.234 e. The molecule has 0 bridgehead atoms. The molecule has 0 aromatic heterocycles. The quantitative estimate of drug-likeness (QED) is 0.840. The summed E-state index contributed by atoms with van der Waals surface area (Å²) in [5, 5.41) is 2.77. The van der Waals surface area contributed by atoms with E-state index >= 15 is 0 Å².